The molecule has 1 saturated heterocycles. The van der Waals surface area contributed by atoms with Crippen LogP contribution < -0.4 is 10.6 Å². The molecule has 1 fully saturated rings. The molecular formula is C11H16N4O2. The minimum atomic E-state index is -0.337. The molecule has 2 N–H and O–H groups in total. The highest BCUT2D eigenvalue weighted by Gasteiger charge is 2.29. The van der Waals surface area contributed by atoms with Crippen molar-refractivity contribution >= 4 is 11.8 Å². The molecule has 6 nitrogen and oxygen atoms in total. The largest absolute Gasteiger partial charge is 0.337 e. The van der Waals surface area contributed by atoms with Crippen molar-refractivity contribution in [2.24, 2.45) is 0 Å². The second-order valence-corrected chi connectivity index (χ2v) is 4.13. The van der Waals surface area contributed by atoms with Gasteiger partial charge in [0.1, 0.15) is 0 Å². The summed E-state index contributed by atoms with van der Waals surface area (Å²) < 4.78 is 2.02. The first kappa shape index (κ1) is 11.8. The van der Waals surface area contributed by atoms with Crippen LogP contribution in [0.4, 0.5) is 0 Å². The second kappa shape index (κ2) is 5.58. The van der Waals surface area contributed by atoms with Crippen LogP contribution in [-0.4, -0.2) is 34.0 Å². The smallest absolute Gasteiger partial charge is 0.244 e. The van der Waals surface area contributed by atoms with Crippen LogP contribution in [0.1, 0.15) is 19.3 Å². The monoisotopic (exact) mass is 236 g/mol. The van der Waals surface area contributed by atoms with Crippen LogP contribution in [-0.2, 0) is 16.1 Å². The number of nitrogens with zero attached hydrogens (tertiary/aromatic N) is 2. The minimum Gasteiger partial charge on any atom is -0.337 e. The third kappa shape index (κ3) is 3.39. The first-order valence-electron chi connectivity index (χ1n) is 5.78. The van der Waals surface area contributed by atoms with E-state index in [1.165, 1.54) is 0 Å². The first-order valence-corrected chi connectivity index (χ1v) is 5.78. The van der Waals surface area contributed by atoms with Crippen molar-refractivity contribution in [3.63, 3.8) is 0 Å². The van der Waals surface area contributed by atoms with Gasteiger partial charge in [0, 0.05) is 18.9 Å². The predicted molar refractivity (Wildman–Crippen MR) is 61.0 cm³/mol. The number of hydrogen-bond donors (Lipinski definition) is 2. The molecule has 0 aliphatic carbocycles. The predicted octanol–water partition coefficient (Wildman–Crippen LogP) is -0.332. The maximum Gasteiger partial charge on any atom is 0.244 e. The number of aromatic nitrogens is 2. The molecule has 1 aromatic rings. The molecule has 1 aliphatic heterocycles. The Morgan fingerprint density at radius 2 is 2.35 bits per heavy atom. The van der Waals surface area contributed by atoms with Crippen molar-refractivity contribution in [3.05, 3.63) is 18.7 Å². The average Bonchev–Trinajstić information content (AvgIpc) is 2.89. The van der Waals surface area contributed by atoms with E-state index < -0.39 is 0 Å². The number of rotatable bonds is 6. The van der Waals surface area contributed by atoms with E-state index in [-0.39, 0.29) is 24.3 Å². The Balaban J connectivity index is 1.57. The van der Waals surface area contributed by atoms with E-state index in [1.54, 1.807) is 12.5 Å². The lowest BCUT2D eigenvalue weighted by Gasteiger charge is -2.08. The van der Waals surface area contributed by atoms with Gasteiger partial charge in [-0.05, 0) is 19.4 Å². The third-order valence-corrected chi connectivity index (χ3v) is 2.76. The Kier molecular flexibility index (Phi) is 3.87. The number of carbonyl (C=O) groups is 2. The molecule has 92 valence electrons. The molecule has 6 heteroatoms. The SMILES string of the molecule is O=C1CC(NCCCCn2ccnc2)C(=O)N1. The maximum atomic E-state index is 11.2. The number of unbranched alkanes of at least 4 members (excludes halogenated alkanes) is 1. The molecule has 1 aromatic heterocycles. The molecule has 0 bridgehead atoms. The van der Waals surface area contributed by atoms with Gasteiger partial charge in [-0.3, -0.25) is 14.9 Å². The number of nitrogens with one attached hydrogen (secondary N) is 2. The van der Waals surface area contributed by atoms with Gasteiger partial charge in [-0.2, -0.15) is 0 Å². The first-order chi connectivity index (χ1) is 8.25. The van der Waals surface area contributed by atoms with Gasteiger partial charge in [-0.25, -0.2) is 4.98 Å². The molecule has 0 aromatic carbocycles. The Hall–Kier alpha value is -1.69. The zero-order chi connectivity index (χ0) is 12.1. The van der Waals surface area contributed by atoms with Crippen molar-refractivity contribution in [1.82, 2.24) is 20.2 Å². The summed E-state index contributed by atoms with van der Waals surface area (Å²) >= 11 is 0. The number of amides is 2. The van der Waals surface area contributed by atoms with E-state index in [9.17, 15) is 9.59 Å². The highest BCUT2D eigenvalue weighted by molar-refractivity contribution is 6.05. The zero-order valence-electron chi connectivity index (χ0n) is 9.56. The van der Waals surface area contributed by atoms with Crippen LogP contribution in [0.3, 0.4) is 0 Å². The van der Waals surface area contributed by atoms with Crippen LogP contribution in [0.25, 0.3) is 0 Å². The van der Waals surface area contributed by atoms with Gasteiger partial charge in [0.15, 0.2) is 0 Å². The summed E-state index contributed by atoms with van der Waals surface area (Å²) in [7, 11) is 0. The summed E-state index contributed by atoms with van der Waals surface area (Å²) in [5, 5.41) is 5.36. The molecule has 17 heavy (non-hydrogen) atoms. The van der Waals surface area contributed by atoms with Crippen LogP contribution in [0, 0.1) is 0 Å². The highest BCUT2D eigenvalue weighted by Crippen LogP contribution is 2.01. The van der Waals surface area contributed by atoms with E-state index in [2.05, 4.69) is 15.6 Å². The molecule has 1 unspecified atom stereocenters. The number of imidazole rings is 1. The van der Waals surface area contributed by atoms with E-state index in [0.717, 1.165) is 25.9 Å². The molecule has 2 rings (SSSR count). The maximum absolute atomic E-state index is 11.2. The average molecular weight is 236 g/mol. The standard InChI is InChI=1S/C11H16N4O2/c16-10-7-9(11(17)14-10)13-3-1-2-5-15-6-4-12-8-15/h4,6,8-9,13H,1-3,5,7H2,(H,14,16,17). The fourth-order valence-corrected chi connectivity index (χ4v) is 1.83. The zero-order valence-corrected chi connectivity index (χ0v) is 9.56. The molecule has 0 radical (unpaired) electrons. The van der Waals surface area contributed by atoms with Gasteiger partial charge in [0.25, 0.3) is 0 Å². The quantitative estimate of drug-likeness (QED) is 0.524. The van der Waals surface area contributed by atoms with Gasteiger partial charge in [0.05, 0.1) is 18.8 Å². The third-order valence-electron chi connectivity index (χ3n) is 2.76. The summed E-state index contributed by atoms with van der Waals surface area (Å²) in [4.78, 5) is 26.1. The van der Waals surface area contributed by atoms with Crippen molar-refractivity contribution in [2.75, 3.05) is 6.54 Å². The number of aryl methyl sites for hydroxylation is 1. The lowest BCUT2D eigenvalue weighted by Crippen LogP contribution is -2.36. The van der Waals surface area contributed by atoms with Crippen molar-refractivity contribution in [1.29, 1.82) is 0 Å². The highest BCUT2D eigenvalue weighted by atomic mass is 16.2. The number of imide groups is 1. The fraction of sp³-hybridized carbons (Fsp3) is 0.545. The molecule has 1 aliphatic rings. The topological polar surface area (TPSA) is 76.0 Å². The van der Waals surface area contributed by atoms with Crippen LogP contribution >= 0.6 is 0 Å². The van der Waals surface area contributed by atoms with Gasteiger partial charge in [0.2, 0.25) is 11.8 Å². The van der Waals surface area contributed by atoms with Crippen LogP contribution in [0.2, 0.25) is 0 Å². The van der Waals surface area contributed by atoms with E-state index in [1.807, 2.05) is 10.8 Å². The lowest BCUT2D eigenvalue weighted by atomic mass is 10.2. The van der Waals surface area contributed by atoms with Gasteiger partial charge in [-0.1, -0.05) is 0 Å². The normalized spacial score (nSPS) is 19.6. The van der Waals surface area contributed by atoms with E-state index in [4.69, 9.17) is 0 Å². The van der Waals surface area contributed by atoms with Crippen LogP contribution in [0.5, 0.6) is 0 Å². The van der Waals surface area contributed by atoms with Crippen molar-refractivity contribution in [3.8, 4) is 0 Å². The summed E-state index contributed by atoms with van der Waals surface area (Å²) in [6.45, 7) is 1.68. The van der Waals surface area contributed by atoms with Gasteiger partial charge in [-0.15, -0.1) is 0 Å². The Bertz CT molecular complexity index is 388. The second-order valence-electron chi connectivity index (χ2n) is 4.13. The Morgan fingerprint density at radius 1 is 1.47 bits per heavy atom. The molecule has 1 atom stereocenters. The van der Waals surface area contributed by atoms with Crippen LogP contribution in [0.15, 0.2) is 18.7 Å². The Morgan fingerprint density at radius 3 is 3.00 bits per heavy atom. The molecule has 0 saturated carbocycles. The molecular weight excluding hydrogens is 220 g/mol. The van der Waals surface area contributed by atoms with Crippen molar-refractivity contribution in [2.45, 2.75) is 31.8 Å². The summed E-state index contributed by atoms with van der Waals surface area (Å²) in [5.74, 6) is -0.393. The summed E-state index contributed by atoms with van der Waals surface area (Å²) in [6.07, 6.45) is 7.72. The number of hydrogen-bond acceptors (Lipinski definition) is 4. The molecule has 2 heterocycles. The minimum absolute atomic E-state index is 0.189. The molecule has 0 spiro atoms. The number of carbonyl (C=O) groups excluding carboxylic acids is 2. The van der Waals surface area contributed by atoms with Gasteiger partial charge >= 0.3 is 0 Å². The van der Waals surface area contributed by atoms with E-state index in [0.29, 0.717) is 0 Å². The summed E-state index contributed by atoms with van der Waals surface area (Å²) in [5.41, 5.74) is 0. The lowest BCUT2D eigenvalue weighted by molar-refractivity contribution is -0.125. The van der Waals surface area contributed by atoms with E-state index >= 15 is 0 Å². The summed E-state index contributed by atoms with van der Waals surface area (Å²) in [6, 6.07) is -0.337. The van der Waals surface area contributed by atoms with Crippen molar-refractivity contribution < 1.29 is 9.59 Å². The molecule has 2 amide bonds. The Labute approximate surface area is 99.4 Å². The van der Waals surface area contributed by atoms with Gasteiger partial charge < -0.3 is 9.88 Å². The fourth-order valence-electron chi connectivity index (χ4n) is 1.83.